The largest absolute Gasteiger partial charge is 0.292 e. The van der Waals surface area contributed by atoms with Crippen molar-refractivity contribution in [3.63, 3.8) is 0 Å². The minimum Gasteiger partial charge on any atom is -0.292 e. The normalized spacial score (nSPS) is 11.6. The fourth-order valence-corrected chi connectivity index (χ4v) is 0.203. The lowest BCUT2D eigenvalue weighted by Gasteiger charge is -1.80. The van der Waals surface area contributed by atoms with Gasteiger partial charge in [-0.05, 0) is 13.0 Å². The fraction of sp³-hybridized carbons (Fsp3) is 0.400. The van der Waals surface area contributed by atoms with Gasteiger partial charge in [-0.3, -0.25) is 4.79 Å². The molecule has 0 aromatic carbocycles. The SMILES string of the molecule is CC=C(F)C(C)=O. The minimum atomic E-state index is -0.667. The maximum atomic E-state index is 11.8. The van der Waals surface area contributed by atoms with Crippen LogP contribution in [-0.2, 0) is 4.79 Å². The van der Waals surface area contributed by atoms with Crippen molar-refractivity contribution in [2.75, 3.05) is 0 Å². The standard InChI is InChI=1S/C5H7FO/c1-3-5(6)4(2)7/h3H,1-2H3. The van der Waals surface area contributed by atoms with Gasteiger partial charge in [-0.1, -0.05) is 0 Å². The Kier molecular flexibility index (Phi) is 2.27. The average molecular weight is 102 g/mol. The Morgan fingerprint density at radius 2 is 2.14 bits per heavy atom. The van der Waals surface area contributed by atoms with Gasteiger partial charge in [-0.2, -0.15) is 0 Å². The predicted molar refractivity (Wildman–Crippen MR) is 25.5 cm³/mol. The van der Waals surface area contributed by atoms with Crippen LogP contribution in [0.4, 0.5) is 4.39 Å². The highest BCUT2D eigenvalue weighted by atomic mass is 19.1. The summed E-state index contributed by atoms with van der Waals surface area (Å²) in [5.74, 6) is -1.18. The van der Waals surface area contributed by atoms with Crippen LogP contribution < -0.4 is 0 Å². The average Bonchev–Trinajstić information content (AvgIpc) is 1.65. The molecular weight excluding hydrogens is 95.1 g/mol. The van der Waals surface area contributed by atoms with Crippen LogP contribution in [0.15, 0.2) is 11.9 Å². The van der Waals surface area contributed by atoms with Gasteiger partial charge in [0, 0.05) is 6.92 Å². The molecule has 0 fully saturated rings. The van der Waals surface area contributed by atoms with E-state index in [2.05, 4.69) is 0 Å². The van der Waals surface area contributed by atoms with Gasteiger partial charge in [-0.25, -0.2) is 4.39 Å². The molecule has 0 unspecified atom stereocenters. The first-order valence-electron chi connectivity index (χ1n) is 2.01. The smallest absolute Gasteiger partial charge is 0.187 e. The van der Waals surface area contributed by atoms with Crippen LogP contribution in [0.5, 0.6) is 0 Å². The zero-order valence-corrected chi connectivity index (χ0v) is 4.36. The highest BCUT2D eigenvalue weighted by Crippen LogP contribution is 1.94. The molecule has 40 valence electrons. The third-order valence-corrected chi connectivity index (χ3v) is 0.590. The molecule has 0 aliphatic carbocycles. The number of carbonyl (C=O) groups excluding carboxylic acids is 1. The molecule has 0 saturated carbocycles. The number of carbonyl (C=O) groups is 1. The zero-order chi connectivity index (χ0) is 5.86. The molecule has 1 nitrogen and oxygen atoms in total. The second kappa shape index (κ2) is 2.50. The van der Waals surface area contributed by atoms with Crippen molar-refractivity contribution in [1.29, 1.82) is 0 Å². The van der Waals surface area contributed by atoms with E-state index < -0.39 is 11.6 Å². The molecule has 0 N–H and O–H groups in total. The Morgan fingerprint density at radius 3 is 2.14 bits per heavy atom. The van der Waals surface area contributed by atoms with Gasteiger partial charge in [0.25, 0.3) is 0 Å². The summed E-state index contributed by atoms with van der Waals surface area (Å²) in [7, 11) is 0. The zero-order valence-electron chi connectivity index (χ0n) is 4.36. The lowest BCUT2D eigenvalue weighted by Crippen LogP contribution is -1.86. The molecule has 0 radical (unpaired) electrons. The first-order valence-corrected chi connectivity index (χ1v) is 2.01. The number of allylic oxidation sites excluding steroid dienone is 2. The van der Waals surface area contributed by atoms with E-state index in [0.29, 0.717) is 0 Å². The van der Waals surface area contributed by atoms with Gasteiger partial charge in [0.05, 0.1) is 0 Å². The molecule has 0 aliphatic heterocycles. The van der Waals surface area contributed by atoms with Crippen LogP contribution in [0.1, 0.15) is 13.8 Å². The number of Topliss-reactive ketones (excluding diaryl/α,β-unsaturated/α-hetero) is 1. The van der Waals surface area contributed by atoms with Crippen LogP contribution in [0, 0.1) is 0 Å². The Labute approximate surface area is 41.8 Å². The van der Waals surface area contributed by atoms with E-state index in [-0.39, 0.29) is 0 Å². The predicted octanol–water partition coefficient (Wildman–Crippen LogP) is 1.45. The van der Waals surface area contributed by atoms with Gasteiger partial charge < -0.3 is 0 Å². The van der Waals surface area contributed by atoms with Crippen LogP contribution in [-0.4, -0.2) is 5.78 Å². The number of hydrogen-bond acceptors (Lipinski definition) is 1. The molecule has 0 amide bonds. The summed E-state index contributed by atoms with van der Waals surface area (Å²) in [6.07, 6.45) is 1.14. The third-order valence-electron chi connectivity index (χ3n) is 0.590. The van der Waals surface area contributed by atoms with Crippen molar-refractivity contribution >= 4 is 5.78 Å². The molecule has 0 aliphatic rings. The molecule has 0 aromatic rings. The second-order valence-corrected chi connectivity index (χ2v) is 1.19. The van der Waals surface area contributed by atoms with Crippen molar-refractivity contribution in [1.82, 2.24) is 0 Å². The van der Waals surface area contributed by atoms with Crippen molar-refractivity contribution < 1.29 is 9.18 Å². The van der Waals surface area contributed by atoms with Crippen LogP contribution in [0.2, 0.25) is 0 Å². The minimum absolute atomic E-state index is 0.512. The van der Waals surface area contributed by atoms with E-state index in [9.17, 15) is 9.18 Å². The number of hydrogen-bond donors (Lipinski definition) is 0. The molecule has 2 heteroatoms. The number of rotatable bonds is 1. The summed E-state index contributed by atoms with van der Waals surface area (Å²) in [6, 6.07) is 0. The lowest BCUT2D eigenvalue weighted by atomic mass is 10.4. The maximum Gasteiger partial charge on any atom is 0.187 e. The number of ketones is 1. The first-order chi connectivity index (χ1) is 3.18. The number of halogens is 1. The van der Waals surface area contributed by atoms with Crippen molar-refractivity contribution in [2.24, 2.45) is 0 Å². The van der Waals surface area contributed by atoms with E-state index in [1.54, 1.807) is 0 Å². The van der Waals surface area contributed by atoms with E-state index in [1.807, 2.05) is 0 Å². The van der Waals surface area contributed by atoms with Crippen LogP contribution >= 0.6 is 0 Å². The molecule has 0 aromatic heterocycles. The summed E-state index contributed by atoms with van der Waals surface area (Å²) in [4.78, 5) is 9.93. The first kappa shape index (κ1) is 6.34. The Balaban J connectivity index is 3.82. The topological polar surface area (TPSA) is 17.1 Å². The van der Waals surface area contributed by atoms with Crippen LogP contribution in [0.25, 0.3) is 0 Å². The Morgan fingerprint density at radius 1 is 1.71 bits per heavy atom. The quantitative estimate of drug-likeness (QED) is 0.458. The second-order valence-electron chi connectivity index (χ2n) is 1.19. The van der Waals surface area contributed by atoms with E-state index in [4.69, 9.17) is 0 Å². The highest BCUT2D eigenvalue weighted by molar-refractivity contribution is 5.90. The molecule has 0 spiro atoms. The van der Waals surface area contributed by atoms with Gasteiger partial charge in [-0.15, -0.1) is 0 Å². The highest BCUT2D eigenvalue weighted by Gasteiger charge is 1.95. The summed E-state index contributed by atoms with van der Waals surface area (Å²) < 4.78 is 11.8. The van der Waals surface area contributed by atoms with Gasteiger partial charge in [0.1, 0.15) is 0 Å². The molecular formula is C5H7FO. The summed E-state index contributed by atoms with van der Waals surface area (Å²) in [5.41, 5.74) is 0. The monoisotopic (exact) mass is 102 g/mol. The van der Waals surface area contributed by atoms with Gasteiger partial charge in [0.2, 0.25) is 0 Å². The molecule has 0 atom stereocenters. The Bertz CT molecular complexity index is 105. The van der Waals surface area contributed by atoms with Crippen molar-refractivity contribution in [3.8, 4) is 0 Å². The fourth-order valence-electron chi connectivity index (χ4n) is 0.203. The summed E-state index contributed by atoms with van der Waals surface area (Å²) in [6.45, 7) is 2.67. The maximum absolute atomic E-state index is 11.8. The van der Waals surface area contributed by atoms with E-state index in [1.165, 1.54) is 13.8 Å². The van der Waals surface area contributed by atoms with Crippen molar-refractivity contribution in [3.05, 3.63) is 11.9 Å². The summed E-state index contributed by atoms with van der Waals surface area (Å²) in [5, 5.41) is 0. The third kappa shape index (κ3) is 2.09. The molecule has 0 heterocycles. The molecule has 0 saturated heterocycles. The van der Waals surface area contributed by atoms with E-state index in [0.717, 1.165) is 6.08 Å². The van der Waals surface area contributed by atoms with Crippen LogP contribution in [0.3, 0.4) is 0 Å². The molecule has 0 rings (SSSR count). The molecule has 0 bridgehead atoms. The Hall–Kier alpha value is -0.660. The van der Waals surface area contributed by atoms with Gasteiger partial charge in [0.15, 0.2) is 11.6 Å². The van der Waals surface area contributed by atoms with E-state index >= 15 is 0 Å². The van der Waals surface area contributed by atoms with Gasteiger partial charge >= 0.3 is 0 Å². The summed E-state index contributed by atoms with van der Waals surface area (Å²) >= 11 is 0. The van der Waals surface area contributed by atoms with Crippen molar-refractivity contribution in [2.45, 2.75) is 13.8 Å². The molecule has 7 heavy (non-hydrogen) atoms. The lowest BCUT2D eigenvalue weighted by molar-refractivity contribution is -0.114.